The minimum Gasteiger partial charge on any atom is -0.396 e. The number of aliphatic hydroxyl groups is 1. The Morgan fingerprint density at radius 1 is 0.905 bits per heavy atom. The smallest absolute Gasteiger partial charge is 0.0547 e. The highest BCUT2D eigenvalue weighted by Crippen LogP contribution is 2.09. The van der Waals surface area contributed by atoms with Crippen LogP contribution in [0.4, 0.5) is 0 Å². The van der Waals surface area contributed by atoms with E-state index in [1.165, 1.54) is 0 Å². The summed E-state index contributed by atoms with van der Waals surface area (Å²) in [6.45, 7) is 6.60. The van der Waals surface area contributed by atoms with Crippen molar-refractivity contribution in [2.45, 2.75) is 33.4 Å². The number of aromatic nitrogens is 2. The summed E-state index contributed by atoms with van der Waals surface area (Å²) in [5, 5.41) is 9.08. The number of aryl methyl sites for hydroxylation is 2. The van der Waals surface area contributed by atoms with Crippen LogP contribution in [0.15, 0.2) is 36.4 Å². The Kier molecular flexibility index (Phi) is 5.84. The van der Waals surface area contributed by atoms with E-state index in [9.17, 15) is 0 Å². The molecule has 0 unspecified atom stereocenters. The van der Waals surface area contributed by atoms with Gasteiger partial charge in [0.05, 0.1) is 11.4 Å². The van der Waals surface area contributed by atoms with E-state index in [1.54, 1.807) is 0 Å². The van der Waals surface area contributed by atoms with Crippen molar-refractivity contribution in [2.24, 2.45) is 0 Å². The Morgan fingerprint density at radius 3 is 1.86 bits per heavy atom. The van der Waals surface area contributed by atoms with Gasteiger partial charge in [-0.15, -0.1) is 0 Å². The monoisotopic (exact) mass is 285 g/mol. The van der Waals surface area contributed by atoms with Crippen molar-refractivity contribution in [1.29, 1.82) is 0 Å². The summed E-state index contributed by atoms with van der Waals surface area (Å²) >= 11 is 0. The summed E-state index contributed by atoms with van der Waals surface area (Å²) < 4.78 is 0. The van der Waals surface area contributed by atoms with Gasteiger partial charge in [0.25, 0.3) is 0 Å². The molecular formula is C17H23N3O. The Labute approximate surface area is 126 Å². The third-order valence-corrected chi connectivity index (χ3v) is 3.30. The molecule has 0 aromatic carbocycles. The fourth-order valence-corrected chi connectivity index (χ4v) is 2.34. The van der Waals surface area contributed by atoms with Crippen LogP contribution in [0.3, 0.4) is 0 Å². The molecule has 0 aliphatic rings. The molecule has 112 valence electrons. The summed E-state index contributed by atoms with van der Waals surface area (Å²) in [5.74, 6) is 0. The van der Waals surface area contributed by atoms with Crippen LogP contribution in [0.2, 0.25) is 0 Å². The molecule has 1 N–H and O–H groups in total. The Hall–Kier alpha value is -1.78. The molecule has 0 amide bonds. The molecule has 2 aromatic rings. The van der Waals surface area contributed by atoms with Gasteiger partial charge in [-0.25, -0.2) is 0 Å². The molecule has 0 spiro atoms. The molecule has 0 fully saturated rings. The van der Waals surface area contributed by atoms with Crippen molar-refractivity contribution in [3.05, 3.63) is 59.2 Å². The lowest BCUT2D eigenvalue weighted by molar-refractivity contribution is 0.209. The molecule has 0 aliphatic heterocycles. The van der Waals surface area contributed by atoms with Gasteiger partial charge in [-0.3, -0.25) is 14.9 Å². The van der Waals surface area contributed by atoms with Crippen LogP contribution in [-0.2, 0) is 13.1 Å². The van der Waals surface area contributed by atoms with Gasteiger partial charge in [-0.2, -0.15) is 0 Å². The van der Waals surface area contributed by atoms with Crippen LogP contribution >= 0.6 is 0 Å². The predicted molar refractivity (Wildman–Crippen MR) is 83.8 cm³/mol. The minimum atomic E-state index is 0.207. The normalized spacial score (nSPS) is 11.0. The van der Waals surface area contributed by atoms with Crippen LogP contribution < -0.4 is 0 Å². The molecular weight excluding hydrogens is 262 g/mol. The number of nitrogens with zero attached hydrogens (tertiary/aromatic N) is 3. The summed E-state index contributed by atoms with van der Waals surface area (Å²) in [5.41, 5.74) is 4.17. The van der Waals surface area contributed by atoms with Crippen LogP contribution in [0.5, 0.6) is 0 Å². The molecule has 0 saturated heterocycles. The van der Waals surface area contributed by atoms with Gasteiger partial charge in [-0.05, 0) is 44.5 Å². The van der Waals surface area contributed by atoms with Crippen molar-refractivity contribution >= 4 is 0 Å². The first-order chi connectivity index (χ1) is 10.2. The van der Waals surface area contributed by atoms with Gasteiger partial charge in [0.15, 0.2) is 0 Å². The van der Waals surface area contributed by atoms with Gasteiger partial charge in [0, 0.05) is 37.6 Å². The fraction of sp³-hybridized carbons (Fsp3) is 0.412. The SMILES string of the molecule is Cc1cccc(CN(CCCO)Cc2cccc(C)n2)n1. The predicted octanol–water partition coefficient (Wildman–Crippen LogP) is 2.48. The molecule has 2 aromatic heterocycles. The van der Waals surface area contributed by atoms with Crippen molar-refractivity contribution in [3.8, 4) is 0 Å². The maximum absolute atomic E-state index is 9.08. The minimum absolute atomic E-state index is 0.207. The molecule has 0 bridgehead atoms. The summed E-state index contributed by atoms with van der Waals surface area (Å²) in [7, 11) is 0. The molecule has 4 nitrogen and oxygen atoms in total. The van der Waals surface area contributed by atoms with Gasteiger partial charge in [-0.1, -0.05) is 12.1 Å². The third-order valence-electron chi connectivity index (χ3n) is 3.30. The molecule has 2 heterocycles. The van der Waals surface area contributed by atoms with Gasteiger partial charge in [0.1, 0.15) is 0 Å². The molecule has 0 aliphatic carbocycles. The van der Waals surface area contributed by atoms with E-state index in [1.807, 2.05) is 50.2 Å². The third kappa shape index (κ3) is 5.25. The van der Waals surface area contributed by atoms with E-state index in [0.29, 0.717) is 0 Å². The highest BCUT2D eigenvalue weighted by molar-refractivity contribution is 5.12. The van der Waals surface area contributed by atoms with E-state index in [-0.39, 0.29) is 6.61 Å². The quantitative estimate of drug-likeness (QED) is 0.849. The number of rotatable bonds is 7. The maximum atomic E-state index is 9.08. The van der Waals surface area contributed by atoms with Crippen LogP contribution in [-0.4, -0.2) is 33.1 Å². The molecule has 0 radical (unpaired) electrons. The maximum Gasteiger partial charge on any atom is 0.0547 e. The van der Waals surface area contributed by atoms with Crippen LogP contribution in [0.25, 0.3) is 0 Å². The van der Waals surface area contributed by atoms with E-state index < -0.39 is 0 Å². The van der Waals surface area contributed by atoms with Gasteiger partial charge < -0.3 is 5.11 Å². The lowest BCUT2D eigenvalue weighted by Gasteiger charge is -2.21. The summed E-state index contributed by atoms with van der Waals surface area (Å²) in [4.78, 5) is 11.4. The topological polar surface area (TPSA) is 49.2 Å². The number of pyridine rings is 2. The van der Waals surface area contributed by atoms with Gasteiger partial charge in [0.2, 0.25) is 0 Å². The van der Waals surface area contributed by atoms with E-state index >= 15 is 0 Å². The first-order valence-electron chi connectivity index (χ1n) is 7.35. The largest absolute Gasteiger partial charge is 0.396 e. The molecule has 4 heteroatoms. The average Bonchev–Trinajstić information content (AvgIpc) is 2.45. The summed E-state index contributed by atoms with van der Waals surface area (Å²) in [6.07, 6.45) is 0.762. The van der Waals surface area contributed by atoms with Crippen molar-refractivity contribution < 1.29 is 5.11 Å². The lowest BCUT2D eigenvalue weighted by atomic mass is 10.2. The van der Waals surface area contributed by atoms with E-state index in [2.05, 4.69) is 14.9 Å². The number of hydrogen-bond donors (Lipinski definition) is 1. The first-order valence-corrected chi connectivity index (χ1v) is 7.35. The van der Waals surface area contributed by atoms with Crippen molar-refractivity contribution in [1.82, 2.24) is 14.9 Å². The van der Waals surface area contributed by atoms with Gasteiger partial charge >= 0.3 is 0 Å². The standard InChI is InChI=1S/C17H23N3O/c1-14-6-3-8-16(18-14)12-20(10-5-11-21)13-17-9-4-7-15(2)19-17/h3-4,6-9,21H,5,10-13H2,1-2H3. The Bertz CT molecular complexity index is 524. The fourth-order valence-electron chi connectivity index (χ4n) is 2.34. The van der Waals surface area contributed by atoms with E-state index in [4.69, 9.17) is 5.11 Å². The second kappa shape index (κ2) is 7.86. The summed E-state index contributed by atoms with van der Waals surface area (Å²) in [6, 6.07) is 12.2. The molecule has 21 heavy (non-hydrogen) atoms. The van der Waals surface area contributed by atoms with E-state index in [0.717, 1.165) is 48.8 Å². The Balaban J connectivity index is 2.06. The van der Waals surface area contributed by atoms with Crippen molar-refractivity contribution in [3.63, 3.8) is 0 Å². The highest BCUT2D eigenvalue weighted by Gasteiger charge is 2.09. The zero-order valence-corrected chi connectivity index (χ0v) is 12.8. The second-order valence-electron chi connectivity index (χ2n) is 5.33. The molecule has 0 atom stereocenters. The number of aliphatic hydroxyl groups excluding tert-OH is 1. The first kappa shape index (κ1) is 15.6. The van der Waals surface area contributed by atoms with Crippen LogP contribution in [0.1, 0.15) is 29.2 Å². The van der Waals surface area contributed by atoms with Crippen LogP contribution in [0, 0.1) is 13.8 Å². The lowest BCUT2D eigenvalue weighted by Crippen LogP contribution is -2.25. The zero-order valence-electron chi connectivity index (χ0n) is 12.8. The number of hydrogen-bond acceptors (Lipinski definition) is 4. The zero-order chi connectivity index (χ0) is 15.1. The molecule has 2 rings (SSSR count). The highest BCUT2D eigenvalue weighted by atomic mass is 16.3. The Morgan fingerprint density at radius 2 is 1.43 bits per heavy atom. The van der Waals surface area contributed by atoms with Crippen molar-refractivity contribution in [2.75, 3.05) is 13.2 Å². The second-order valence-corrected chi connectivity index (χ2v) is 5.33. The average molecular weight is 285 g/mol. The molecule has 0 saturated carbocycles.